The first kappa shape index (κ1) is 62.4. The largest absolute Gasteiger partial charge is 0.465 e. The van der Waals surface area contributed by atoms with E-state index in [1.54, 1.807) is 48.5 Å². The lowest BCUT2D eigenvalue weighted by Crippen LogP contribution is -2.31. The van der Waals surface area contributed by atoms with Crippen molar-refractivity contribution in [3.05, 3.63) is 121 Å². The van der Waals surface area contributed by atoms with Crippen LogP contribution in [0.1, 0.15) is 111 Å². The summed E-state index contributed by atoms with van der Waals surface area (Å²) >= 11 is 0. The SMILES string of the molecule is C=CC(=O)OCCCCOC(=O)Cc1ccc(OC(=O)C2CCC(C(=O)Oc3ccc(OC(=O)C4CCC(C(=O)Oc5ccc(CC(=O)OCCCCOC(=O)C=C)cc5)CC4)c(C(=O)OCCCCOC(=O)C=C)c3)CC2)cc1. The maximum Gasteiger partial charge on any atom is 0.342 e. The van der Waals surface area contributed by atoms with Gasteiger partial charge in [-0.05, 0) is 143 Å². The molecule has 0 amide bonds. The van der Waals surface area contributed by atoms with Gasteiger partial charge in [0.15, 0.2) is 0 Å². The zero-order valence-electron chi connectivity index (χ0n) is 44.7. The van der Waals surface area contributed by atoms with Gasteiger partial charge in [-0.2, -0.15) is 0 Å². The van der Waals surface area contributed by atoms with Gasteiger partial charge in [-0.1, -0.05) is 44.0 Å². The van der Waals surface area contributed by atoms with Crippen LogP contribution < -0.4 is 18.9 Å². The lowest BCUT2D eigenvalue weighted by Gasteiger charge is -2.26. The van der Waals surface area contributed by atoms with Crippen molar-refractivity contribution in [1.29, 1.82) is 0 Å². The fourth-order valence-corrected chi connectivity index (χ4v) is 8.45. The van der Waals surface area contributed by atoms with E-state index in [1.807, 2.05) is 0 Å². The third kappa shape index (κ3) is 22.1. The molecule has 2 saturated carbocycles. The number of carbonyl (C=O) groups is 10. The van der Waals surface area contributed by atoms with Crippen molar-refractivity contribution in [3.63, 3.8) is 0 Å². The zero-order valence-corrected chi connectivity index (χ0v) is 44.7. The molecule has 0 saturated heterocycles. The van der Waals surface area contributed by atoms with Crippen LogP contribution in [-0.2, 0) is 84.4 Å². The van der Waals surface area contributed by atoms with Crippen LogP contribution in [0.2, 0.25) is 0 Å². The van der Waals surface area contributed by atoms with E-state index in [1.165, 1.54) is 18.2 Å². The molecule has 0 atom stereocenters. The maximum atomic E-state index is 13.6. The molecule has 2 aliphatic carbocycles. The lowest BCUT2D eigenvalue weighted by molar-refractivity contribution is -0.145. The Morgan fingerprint density at radius 1 is 0.375 bits per heavy atom. The highest BCUT2D eigenvalue weighted by atomic mass is 16.6. The Morgan fingerprint density at radius 2 is 0.675 bits per heavy atom. The van der Waals surface area contributed by atoms with Crippen molar-refractivity contribution in [2.45, 2.75) is 103 Å². The Bertz CT molecular complexity index is 2640. The second-order valence-electron chi connectivity index (χ2n) is 18.9. The number of hydrogen-bond donors (Lipinski definition) is 0. The van der Waals surface area contributed by atoms with Crippen LogP contribution in [-0.4, -0.2) is 99.3 Å². The van der Waals surface area contributed by atoms with E-state index < -0.39 is 83.4 Å². The normalized spacial score (nSPS) is 16.4. The molecule has 5 rings (SSSR count). The number of esters is 10. The molecule has 2 aliphatic rings. The highest BCUT2D eigenvalue weighted by Gasteiger charge is 2.35. The van der Waals surface area contributed by atoms with Crippen molar-refractivity contribution in [2.24, 2.45) is 23.7 Å². The number of unbranched alkanes of at least 4 members (excludes halogenated alkanes) is 3. The van der Waals surface area contributed by atoms with Gasteiger partial charge in [-0.25, -0.2) is 19.2 Å². The molecule has 80 heavy (non-hydrogen) atoms. The van der Waals surface area contributed by atoms with Crippen LogP contribution in [0.4, 0.5) is 0 Å². The Balaban J connectivity index is 1.07. The number of ether oxygens (including phenoxy) is 10. The number of benzene rings is 3. The van der Waals surface area contributed by atoms with E-state index in [4.69, 9.17) is 47.4 Å². The third-order valence-corrected chi connectivity index (χ3v) is 13.0. The first-order valence-electron chi connectivity index (χ1n) is 26.7. The minimum atomic E-state index is -0.865. The molecule has 428 valence electrons. The van der Waals surface area contributed by atoms with Gasteiger partial charge in [0.05, 0.1) is 76.2 Å². The Hall–Kier alpha value is -8.42. The summed E-state index contributed by atoms with van der Waals surface area (Å²) in [4.78, 5) is 125. The van der Waals surface area contributed by atoms with Gasteiger partial charge in [0.1, 0.15) is 28.6 Å². The van der Waals surface area contributed by atoms with E-state index in [9.17, 15) is 47.9 Å². The molecular weight excluding hydrogens is 1040 g/mol. The first-order chi connectivity index (χ1) is 38.6. The van der Waals surface area contributed by atoms with Crippen LogP contribution in [0.3, 0.4) is 0 Å². The van der Waals surface area contributed by atoms with Crippen LogP contribution >= 0.6 is 0 Å². The fraction of sp³-hybridized carbons (Fsp3) is 0.433. The van der Waals surface area contributed by atoms with Crippen molar-refractivity contribution >= 4 is 59.7 Å². The molecule has 0 N–H and O–H groups in total. The summed E-state index contributed by atoms with van der Waals surface area (Å²) in [7, 11) is 0. The Morgan fingerprint density at radius 3 is 1.02 bits per heavy atom. The summed E-state index contributed by atoms with van der Waals surface area (Å²) in [6, 6.07) is 16.9. The smallest absolute Gasteiger partial charge is 0.342 e. The molecule has 0 heterocycles. The second kappa shape index (κ2) is 33.8. The summed E-state index contributed by atoms with van der Waals surface area (Å²) < 4.78 is 53.5. The van der Waals surface area contributed by atoms with Gasteiger partial charge in [0.25, 0.3) is 0 Å². The molecule has 3 aromatic carbocycles. The molecular formula is C60H68O20. The Kier molecular flexibility index (Phi) is 26.4. The molecule has 0 spiro atoms. The van der Waals surface area contributed by atoms with E-state index in [2.05, 4.69) is 19.7 Å². The fourth-order valence-electron chi connectivity index (χ4n) is 8.45. The van der Waals surface area contributed by atoms with Crippen molar-refractivity contribution in [3.8, 4) is 23.0 Å². The molecule has 20 heteroatoms. The van der Waals surface area contributed by atoms with Crippen molar-refractivity contribution in [2.75, 3.05) is 39.6 Å². The number of rotatable bonds is 31. The molecule has 20 nitrogen and oxygen atoms in total. The maximum absolute atomic E-state index is 13.6. The summed E-state index contributed by atoms with van der Waals surface area (Å²) in [6.07, 6.45) is 8.60. The minimum absolute atomic E-state index is 0.00907. The van der Waals surface area contributed by atoms with Crippen molar-refractivity contribution in [1.82, 2.24) is 0 Å². The average Bonchev–Trinajstić information content (AvgIpc) is 3.49. The molecule has 0 radical (unpaired) electrons. The third-order valence-electron chi connectivity index (χ3n) is 13.0. The quantitative estimate of drug-likeness (QED) is 0.0193. The highest BCUT2D eigenvalue weighted by molar-refractivity contribution is 5.94. The topological polar surface area (TPSA) is 263 Å². The van der Waals surface area contributed by atoms with Crippen LogP contribution in [0, 0.1) is 23.7 Å². The summed E-state index contributed by atoms with van der Waals surface area (Å²) in [5.41, 5.74) is 1.13. The van der Waals surface area contributed by atoms with Gasteiger partial charge in [-0.3, -0.25) is 28.8 Å². The van der Waals surface area contributed by atoms with Crippen LogP contribution in [0.25, 0.3) is 0 Å². The Labute approximate surface area is 464 Å². The van der Waals surface area contributed by atoms with E-state index in [0.717, 1.165) is 18.2 Å². The van der Waals surface area contributed by atoms with Gasteiger partial charge in [-0.15, -0.1) is 0 Å². The molecule has 3 aromatic rings. The summed E-state index contributed by atoms with van der Waals surface area (Å²) in [5, 5.41) is 0. The molecule has 0 unspecified atom stereocenters. The molecule has 2 fully saturated rings. The van der Waals surface area contributed by atoms with Gasteiger partial charge in [0.2, 0.25) is 0 Å². The monoisotopic (exact) mass is 1110 g/mol. The second-order valence-corrected chi connectivity index (χ2v) is 18.9. The van der Waals surface area contributed by atoms with Gasteiger partial charge < -0.3 is 47.4 Å². The molecule has 0 aliphatic heterocycles. The van der Waals surface area contributed by atoms with Crippen LogP contribution in [0.15, 0.2) is 105 Å². The standard InChI is InChI=1S/C60H68O20/c1-4-51(61)71-31-7-9-34-74-54(64)37-40-13-25-46(26-14-40)77-56(66)42-17-19-44(20-18-42)58(68)79-48-29-30-50(49(39-48)60(70)76-36-12-11-33-73-53(63)6-3)80-59(69)45-23-21-43(22-24-45)57(67)78-47-27-15-41(16-28-47)38-55(65)75-35-10-8-32-72-52(62)5-2/h4-6,13-16,25-30,39,42-45H,1-3,7-12,17-24,31-38H2. The number of carbonyl (C=O) groups excluding carboxylic acids is 10. The summed E-state index contributed by atoms with van der Waals surface area (Å²) in [5.74, 6) is -7.23. The predicted octanol–water partition coefficient (Wildman–Crippen LogP) is 8.18. The highest BCUT2D eigenvalue weighted by Crippen LogP contribution is 2.35. The summed E-state index contributed by atoms with van der Waals surface area (Å²) in [6.45, 7) is 10.8. The van der Waals surface area contributed by atoms with Crippen LogP contribution in [0.5, 0.6) is 23.0 Å². The van der Waals surface area contributed by atoms with Crippen molar-refractivity contribution < 1.29 is 95.3 Å². The van der Waals surface area contributed by atoms with Gasteiger partial charge >= 0.3 is 59.7 Å². The minimum Gasteiger partial charge on any atom is -0.465 e. The lowest BCUT2D eigenvalue weighted by atomic mass is 9.82. The zero-order chi connectivity index (χ0) is 57.7. The predicted molar refractivity (Wildman–Crippen MR) is 284 cm³/mol. The van der Waals surface area contributed by atoms with E-state index >= 15 is 0 Å². The van der Waals surface area contributed by atoms with Gasteiger partial charge in [0, 0.05) is 18.2 Å². The average molecular weight is 1110 g/mol. The number of hydrogen-bond acceptors (Lipinski definition) is 20. The molecule has 0 aromatic heterocycles. The van der Waals surface area contributed by atoms with E-state index in [0.29, 0.717) is 107 Å². The molecule has 0 bridgehead atoms. The van der Waals surface area contributed by atoms with E-state index in [-0.39, 0.29) is 75.3 Å². The first-order valence-corrected chi connectivity index (χ1v) is 26.7.